The van der Waals surface area contributed by atoms with Gasteiger partial charge in [0.15, 0.2) is 5.78 Å². The van der Waals surface area contributed by atoms with E-state index in [4.69, 9.17) is 0 Å². The van der Waals surface area contributed by atoms with Crippen LogP contribution in [-0.2, 0) is 0 Å². The molecule has 2 aromatic carbocycles. The van der Waals surface area contributed by atoms with Crippen molar-refractivity contribution in [1.82, 2.24) is 10.3 Å². The molecule has 27 heavy (non-hydrogen) atoms. The number of nitrogens with zero attached hydrogens (tertiary/aromatic N) is 1. The minimum absolute atomic E-state index is 0.0193. The van der Waals surface area contributed by atoms with E-state index in [9.17, 15) is 9.59 Å². The summed E-state index contributed by atoms with van der Waals surface area (Å²) in [7, 11) is 0. The Balaban J connectivity index is 1.69. The molecule has 0 spiro atoms. The van der Waals surface area contributed by atoms with Gasteiger partial charge in [0.2, 0.25) is 0 Å². The third kappa shape index (κ3) is 4.79. The summed E-state index contributed by atoms with van der Waals surface area (Å²) in [5, 5.41) is 6.14. The van der Waals surface area contributed by atoms with Crippen molar-refractivity contribution in [1.29, 1.82) is 0 Å². The molecule has 1 amide bonds. The van der Waals surface area contributed by atoms with E-state index in [0.717, 1.165) is 11.3 Å². The van der Waals surface area contributed by atoms with Crippen molar-refractivity contribution >= 4 is 23.2 Å². The van der Waals surface area contributed by atoms with Crippen molar-refractivity contribution in [2.24, 2.45) is 0 Å². The summed E-state index contributed by atoms with van der Waals surface area (Å²) in [6.07, 6.45) is 1.59. The number of carbonyl (C=O) groups is 2. The lowest BCUT2D eigenvalue weighted by molar-refractivity contribution is 0.0939. The van der Waals surface area contributed by atoms with Crippen LogP contribution in [0.5, 0.6) is 0 Å². The van der Waals surface area contributed by atoms with Gasteiger partial charge in [0.05, 0.1) is 6.04 Å². The first-order valence-corrected chi connectivity index (χ1v) is 8.73. The fourth-order valence-corrected chi connectivity index (χ4v) is 2.68. The normalized spacial score (nSPS) is 11.5. The first-order valence-electron chi connectivity index (χ1n) is 8.73. The lowest BCUT2D eigenvalue weighted by Crippen LogP contribution is -2.26. The number of rotatable bonds is 6. The second-order valence-electron chi connectivity index (χ2n) is 6.29. The zero-order chi connectivity index (χ0) is 19.2. The molecule has 0 radical (unpaired) electrons. The van der Waals surface area contributed by atoms with Gasteiger partial charge in [0, 0.05) is 23.0 Å². The standard InChI is InChI=1S/C22H21N3O2/c1-15(17-6-4-3-5-7-17)24-22(27)19-12-13-23-21(14-19)25-20-10-8-18(9-11-20)16(2)26/h3-15H,1-2H3,(H,23,25)(H,24,27). The van der Waals surface area contributed by atoms with Gasteiger partial charge in [-0.2, -0.15) is 0 Å². The molecular weight excluding hydrogens is 338 g/mol. The highest BCUT2D eigenvalue weighted by Gasteiger charge is 2.12. The van der Waals surface area contributed by atoms with Crippen LogP contribution in [0.15, 0.2) is 72.9 Å². The molecule has 3 rings (SSSR count). The Morgan fingerprint density at radius 2 is 1.63 bits per heavy atom. The number of hydrogen-bond donors (Lipinski definition) is 2. The van der Waals surface area contributed by atoms with Gasteiger partial charge in [-0.3, -0.25) is 9.59 Å². The Morgan fingerprint density at radius 3 is 2.30 bits per heavy atom. The van der Waals surface area contributed by atoms with E-state index in [1.54, 1.807) is 30.5 Å². The number of anilines is 2. The van der Waals surface area contributed by atoms with Gasteiger partial charge in [-0.25, -0.2) is 4.98 Å². The molecule has 0 saturated carbocycles. The molecule has 5 heteroatoms. The number of pyridine rings is 1. The van der Waals surface area contributed by atoms with Gasteiger partial charge in [0.1, 0.15) is 5.82 Å². The molecule has 1 unspecified atom stereocenters. The number of amides is 1. The molecule has 1 aromatic heterocycles. The third-order valence-electron chi connectivity index (χ3n) is 4.23. The first-order chi connectivity index (χ1) is 13.0. The minimum atomic E-state index is -0.163. The van der Waals surface area contributed by atoms with E-state index < -0.39 is 0 Å². The predicted molar refractivity (Wildman–Crippen MR) is 106 cm³/mol. The molecule has 0 aliphatic carbocycles. The molecule has 0 aliphatic heterocycles. The highest BCUT2D eigenvalue weighted by Crippen LogP contribution is 2.18. The van der Waals surface area contributed by atoms with Crippen LogP contribution in [0, 0.1) is 0 Å². The Labute approximate surface area is 158 Å². The lowest BCUT2D eigenvalue weighted by Gasteiger charge is -2.14. The number of benzene rings is 2. The Morgan fingerprint density at radius 1 is 0.926 bits per heavy atom. The SMILES string of the molecule is CC(=O)c1ccc(Nc2cc(C(=O)NC(C)c3ccccc3)ccn2)cc1. The minimum Gasteiger partial charge on any atom is -0.346 e. The van der Waals surface area contributed by atoms with Crippen molar-refractivity contribution in [3.8, 4) is 0 Å². The van der Waals surface area contributed by atoms with Crippen LogP contribution in [0.3, 0.4) is 0 Å². The quantitative estimate of drug-likeness (QED) is 0.635. The molecule has 1 heterocycles. The summed E-state index contributed by atoms with van der Waals surface area (Å²) in [5.74, 6) is 0.417. The van der Waals surface area contributed by atoms with E-state index in [1.807, 2.05) is 49.4 Å². The number of aromatic nitrogens is 1. The van der Waals surface area contributed by atoms with Gasteiger partial charge in [-0.15, -0.1) is 0 Å². The third-order valence-corrected chi connectivity index (χ3v) is 4.23. The zero-order valence-electron chi connectivity index (χ0n) is 15.3. The molecule has 0 fully saturated rings. The molecule has 136 valence electrons. The maximum atomic E-state index is 12.5. The molecule has 1 atom stereocenters. The topological polar surface area (TPSA) is 71.1 Å². The molecule has 3 aromatic rings. The molecule has 0 aliphatic rings. The second kappa shape index (κ2) is 8.27. The summed E-state index contributed by atoms with van der Waals surface area (Å²) < 4.78 is 0. The first kappa shape index (κ1) is 18.3. The number of hydrogen-bond acceptors (Lipinski definition) is 4. The Kier molecular flexibility index (Phi) is 5.61. The van der Waals surface area contributed by atoms with Crippen molar-refractivity contribution in [3.63, 3.8) is 0 Å². The lowest BCUT2D eigenvalue weighted by atomic mass is 10.1. The van der Waals surface area contributed by atoms with Crippen LogP contribution < -0.4 is 10.6 Å². The van der Waals surface area contributed by atoms with E-state index in [-0.39, 0.29) is 17.7 Å². The largest absolute Gasteiger partial charge is 0.346 e. The van der Waals surface area contributed by atoms with Gasteiger partial charge in [0.25, 0.3) is 5.91 Å². The van der Waals surface area contributed by atoms with Crippen LogP contribution in [-0.4, -0.2) is 16.7 Å². The van der Waals surface area contributed by atoms with Crippen molar-refractivity contribution in [3.05, 3.63) is 89.6 Å². The van der Waals surface area contributed by atoms with Gasteiger partial charge < -0.3 is 10.6 Å². The van der Waals surface area contributed by atoms with E-state index in [2.05, 4.69) is 15.6 Å². The predicted octanol–water partition coefficient (Wildman–Crippen LogP) is 4.52. The Bertz CT molecular complexity index is 937. The molecule has 0 saturated heterocycles. The summed E-state index contributed by atoms with van der Waals surface area (Å²) in [5.41, 5.74) is 3.01. The van der Waals surface area contributed by atoms with Gasteiger partial charge in [-0.05, 0) is 55.8 Å². The summed E-state index contributed by atoms with van der Waals surface area (Å²) >= 11 is 0. The summed E-state index contributed by atoms with van der Waals surface area (Å²) in [6.45, 7) is 3.48. The number of carbonyl (C=O) groups excluding carboxylic acids is 2. The summed E-state index contributed by atoms with van der Waals surface area (Å²) in [4.78, 5) is 28.2. The van der Waals surface area contributed by atoms with Crippen LogP contribution >= 0.6 is 0 Å². The van der Waals surface area contributed by atoms with Crippen molar-refractivity contribution in [2.45, 2.75) is 19.9 Å². The summed E-state index contributed by atoms with van der Waals surface area (Å²) in [6, 6.07) is 20.2. The van der Waals surface area contributed by atoms with Crippen molar-refractivity contribution < 1.29 is 9.59 Å². The average Bonchev–Trinajstić information content (AvgIpc) is 2.69. The van der Waals surface area contributed by atoms with Crippen LogP contribution in [0.4, 0.5) is 11.5 Å². The van der Waals surface area contributed by atoms with E-state index in [0.29, 0.717) is 16.9 Å². The molecular formula is C22H21N3O2. The molecule has 5 nitrogen and oxygen atoms in total. The fraction of sp³-hybridized carbons (Fsp3) is 0.136. The van der Waals surface area contributed by atoms with Crippen LogP contribution in [0.2, 0.25) is 0 Å². The van der Waals surface area contributed by atoms with Crippen LogP contribution in [0.1, 0.15) is 46.2 Å². The number of Topliss-reactive ketones (excluding diaryl/α,β-unsaturated/α-hetero) is 1. The van der Waals surface area contributed by atoms with E-state index >= 15 is 0 Å². The van der Waals surface area contributed by atoms with Gasteiger partial charge >= 0.3 is 0 Å². The number of nitrogens with one attached hydrogen (secondary N) is 2. The zero-order valence-corrected chi connectivity index (χ0v) is 15.3. The Hall–Kier alpha value is -3.47. The molecule has 2 N–H and O–H groups in total. The highest BCUT2D eigenvalue weighted by atomic mass is 16.1. The highest BCUT2D eigenvalue weighted by molar-refractivity contribution is 5.95. The smallest absolute Gasteiger partial charge is 0.251 e. The van der Waals surface area contributed by atoms with E-state index in [1.165, 1.54) is 6.92 Å². The van der Waals surface area contributed by atoms with Crippen LogP contribution in [0.25, 0.3) is 0 Å². The fourth-order valence-electron chi connectivity index (χ4n) is 2.68. The monoisotopic (exact) mass is 359 g/mol. The molecule has 0 bridgehead atoms. The average molecular weight is 359 g/mol. The van der Waals surface area contributed by atoms with Gasteiger partial charge in [-0.1, -0.05) is 30.3 Å². The number of ketones is 1. The second-order valence-corrected chi connectivity index (χ2v) is 6.29. The van der Waals surface area contributed by atoms with Crippen molar-refractivity contribution in [2.75, 3.05) is 5.32 Å². The maximum Gasteiger partial charge on any atom is 0.251 e. The maximum absolute atomic E-state index is 12.5.